The molecule has 0 atom stereocenters. The normalized spacial score (nSPS) is 11.0. The summed E-state index contributed by atoms with van der Waals surface area (Å²) in [4.78, 5) is 10.2. The summed E-state index contributed by atoms with van der Waals surface area (Å²) in [5, 5.41) is 10.6. The zero-order valence-corrected chi connectivity index (χ0v) is 11.9. The lowest BCUT2D eigenvalue weighted by atomic mass is 10.2. The molecule has 5 nitrogen and oxygen atoms in total. The zero-order chi connectivity index (χ0) is 15.5. The first-order valence-electron chi connectivity index (χ1n) is 6.14. The summed E-state index contributed by atoms with van der Waals surface area (Å²) in [6, 6.07) is 11.3. The predicted octanol–water partition coefficient (Wildman–Crippen LogP) is 3.16. The fraction of sp³-hybridized carbons (Fsp3) is 0.0667. The molecule has 0 aliphatic rings. The number of hydrogen-bond acceptors (Lipinski definition) is 4. The average Bonchev–Trinajstić information content (AvgIpc) is 2.48. The SMILES string of the molecule is C=CCc1ccc(S(=O)(=O)c2ccc([N+](=O)[O-])cc2)cc1. The molecule has 0 bridgehead atoms. The summed E-state index contributed by atoms with van der Waals surface area (Å²) in [6.45, 7) is 3.62. The van der Waals surface area contributed by atoms with Crippen LogP contribution < -0.4 is 0 Å². The molecule has 6 heteroatoms. The topological polar surface area (TPSA) is 77.3 Å². The fourth-order valence-corrected chi connectivity index (χ4v) is 3.12. The third-order valence-corrected chi connectivity index (χ3v) is 4.76. The molecule has 0 N–H and O–H groups in total. The van der Waals surface area contributed by atoms with E-state index in [4.69, 9.17) is 0 Å². The number of non-ortho nitro benzene ring substituents is 1. The summed E-state index contributed by atoms with van der Waals surface area (Å²) in [6.07, 6.45) is 2.40. The van der Waals surface area contributed by atoms with E-state index >= 15 is 0 Å². The molecule has 2 rings (SSSR count). The van der Waals surface area contributed by atoms with Crippen molar-refractivity contribution in [3.8, 4) is 0 Å². The minimum atomic E-state index is -3.66. The number of nitro benzene ring substituents is 1. The van der Waals surface area contributed by atoms with Crippen LogP contribution in [0.3, 0.4) is 0 Å². The zero-order valence-electron chi connectivity index (χ0n) is 11.1. The van der Waals surface area contributed by atoms with E-state index in [-0.39, 0.29) is 15.5 Å². The van der Waals surface area contributed by atoms with E-state index < -0.39 is 14.8 Å². The Morgan fingerprint density at radius 3 is 1.90 bits per heavy atom. The first kappa shape index (κ1) is 14.9. The van der Waals surface area contributed by atoms with Gasteiger partial charge in [-0.25, -0.2) is 8.42 Å². The molecule has 108 valence electrons. The molecule has 2 aromatic carbocycles. The lowest BCUT2D eigenvalue weighted by Crippen LogP contribution is -2.02. The van der Waals surface area contributed by atoms with Gasteiger partial charge in [-0.3, -0.25) is 10.1 Å². The Kier molecular flexibility index (Phi) is 4.18. The van der Waals surface area contributed by atoms with Crippen molar-refractivity contribution in [1.29, 1.82) is 0 Å². The van der Waals surface area contributed by atoms with Crippen molar-refractivity contribution in [3.05, 3.63) is 76.9 Å². The van der Waals surface area contributed by atoms with Crippen LogP contribution >= 0.6 is 0 Å². The summed E-state index contributed by atoms with van der Waals surface area (Å²) in [7, 11) is -3.66. The molecule has 2 aromatic rings. The van der Waals surface area contributed by atoms with Crippen LogP contribution in [0.25, 0.3) is 0 Å². The van der Waals surface area contributed by atoms with Crippen molar-refractivity contribution in [2.45, 2.75) is 16.2 Å². The van der Waals surface area contributed by atoms with Crippen molar-refractivity contribution >= 4 is 15.5 Å². The number of rotatable bonds is 5. The van der Waals surface area contributed by atoms with Gasteiger partial charge in [0.25, 0.3) is 5.69 Å². The maximum Gasteiger partial charge on any atom is 0.269 e. The highest BCUT2D eigenvalue weighted by atomic mass is 32.2. The van der Waals surface area contributed by atoms with Gasteiger partial charge in [0.1, 0.15) is 0 Å². The number of hydrogen-bond donors (Lipinski definition) is 0. The molecular weight excluding hydrogens is 290 g/mol. The number of allylic oxidation sites excluding steroid dienone is 1. The third-order valence-electron chi connectivity index (χ3n) is 2.97. The molecule has 0 saturated heterocycles. The monoisotopic (exact) mass is 303 g/mol. The van der Waals surface area contributed by atoms with Gasteiger partial charge in [0, 0.05) is 12.1 Å². The van der Waals surface area contributed by atoms with Crippen LogP contribution in [0.15, 0.2) is 71.0 Å². The first-order chi connectivity index (χ1) is 9.95. The van der Waals surface area contributed by atoms with E-state index in [9.17, 15) is 18.5 Å². The Morgan fingerprint density at radius 1 is 1.00 bits per heavy atom. The van der Waals surface area contributed by atoms with Crippen LogP contribution in [0.1, 0.15) is 5.56 Å². The average molecular weight is 303 g/mol. The Bertz CT molecular complexity index is 762. The number of nitrogens with zero attached hydrogens (tertiary/aromatic N) is 1. The van der Waals surface area contributed by atoms with Gasteiger partial charge in [-0.2, -0.15) is 0 Å². The van der Waals surface area contributed by atoms with Crippen molar-refractivity contribution in [3.63, 3.8) is 0 Å². The molecule has 0 amide bonds. The van der Waals surface area contributed by atoms with Crippen molar-refractivity contribution in [2.75, 3.05) is 0 Å². The van der Waals surface area contributed by atoms with Crippen molar-refractivity contribution < 1.29 is 13.3 Å². The van der Waals surface area contributed by atoms with Gasteiger partial charge >= 0.3 is 0 Å². The summed E-state index contributed by atoms with van der Waals surface area (Å²) in [5.74, 6) is 0. The second kappa shape index (κ2) is 5.88. The molecule has 0 fully saturated rings. The van der Waals surface area contributed by atoms with Crippen LogP contribution in [-0.4, -0.2) is 13.3 Å². The van der Waals surface area contributed by atoms with Crippen LogP contribution in [0, 0.1) is 10.1 Å². The Hall–Kier alpha value is -2.47. The fourth-order valence-electron chi connectivity index (χ4n) is 1.85. The van der Waals surface area contributed by atoms with Crippen LogP contribution in [0.4, 0.5) is 5.69 Å². The van der Waals surface area contributed by atoms with Gasteiger partial charge in [-0.1, -0.05) is 18.2 Å². The van der Waals surface area contributed by atoms with Gasteiger partial charge in [-0.05, 0) is 36.2 Å². The Morgan fingerprint density at radius 2 is 1.48 bits per heavy atom. The molecule has 21 heavy (non-hydrogen) atoms. The maximum atomic E-state index is 12.4. The minimum Gasteiger partial charge on any atom is -0.258 e. The number of benzene rings is 2. The van der Waals surface area contributed by atoms with E-state index in [0.717, 1.165) is 5.56 Å². The molecular formula is C15H13NO4S. The number of nitro groups is 1. The summed E-state index contributed by atoms with van der Waals surface area (Å²) in [5.41, 5.74) is 0.822. The minimum absolute atomic E-state index is 0.0320. The lowest BCUT2D eigenvalue weighted by molar-refractivity contribution is -0.384. The molecule has 0 heterocycles. The largest absolute Gasteiger partial charge is 0.269 e. The van der Waals surface area contributed by atoms with Crippen molar-refractivity contribution in [1.82, 2.24) is 0 Å². The molecule has 0 saturated carbocycles. The molecule has 0 unspecified atom stereocenters. The van der Waals surface area contributed by atoms with Crippen molar-refractivity contribution in [2.24, 2.45) is 0 Å². The Balaban J connectivity index is 2.36. The lowest BCUT2D eigenvalue weighted by Gasteiger charge is -2.05. The van der Waals surface area contributed by atoms with Gasteiger partial charge in [-0.15, -0.1) is 6.58 Å². The first-order valence-corrected chi connectivity index (χ1v) is 7.63. The molecule has 0 aromatic heterocycles. The highest BCUT2D eigenvalue weighted by Crippen LogP contribution is 2.23. The summed E-state index contributed by atoms with van der Waals surface area (Å²) < 4.78 is 24.8. The predicted molar refractivity (Wildman–Crippen MR) is 78.9 cm³/mol. The smallest absolute Gasteiger partial charge is 0.258 e. The Labute approximate surface area is 122 Å². The van der Waals surface area contributed by atoms with Gasteiger partial charge in [0.2, 0.25) is 9.84 Å². The number of sulfone groups is 1. The van der Waals surface area contributed by atoms with Crippen LogP contribution in [0.5, 0.6) is 0 Å². The van der Waals surface area contributed by atoms with E-state index in [1.54, 1.807) is 18.2 Å². The van der Waals surface area contributed by atoms with E-state index in [1.807, 2.05) is 0 Å². The maximum absolute atomic E-state index is 12.4. The standard InChI is InChI=1S/C15H13NO4S/c1-2-3-12-4-8-14(9-5-12)21(19,20)15-10-6-13(7-11-15)16(17)18/h2,4-11H,1,3H2. The molecule has 0 spiro atoms. The van der Waals surface area contributed by atoms with Crippen LogP contribution in [-0.2, 0) is 16.3 Å². The second-order valence-corrected chi connectivity index (χ2v) is 6.34. The van der Waals surface area contributed by atoms with E-state index in [0.29, 0.717) is 6.42 Å². The van der Waals surface area contributed by atoms with Gasteiger partial charge in [0.05, 0.1) is 14.7 Å². The van der Waals surface area contributed by atoms with Gasteiger partial charge < -0.3 is 0 Å². The highest BCUT2D eigenvalue weighted by Gasteiger charge is 2.18. The molecule has 0 radical (unpaired) electrons. The van der Waals surface area contributed by atoms with E-state index in [2.05, 4.69) is 6.58 Å². The van der Waals surface area contributed by atoms with E-state index in [1.165, 1.54) is 36.4 Å². The summed E-state index contributed by atoms with van der Waals surface area (Å²) >= 11 is 0. The quantitative estimate of drug-likeness (QED) is 0.483. The second-order valence-electron chi connectivity index (χ2n) is 4.39. The molecule has 0 aliphatic heterocycles. The van der Waals surface area contributed by atoms with Gasteiger partial charge in [0.15, 0.2) is 0 Å². The molecule has 0 aliphatic carbocycles. The third kappa shape index (κ3) is 3.17. The van der Waals surface area contributed by atoms with Crippen LogP contribution in [0.2, 0.25) is 0 Å². The highest BCUT2D eigenvalue weighted by molar-refractivity contribution is 7.91.